The monoisotopic (exact) mass is 319 g/mol. The summed E-state index contributed by atoms with van der Waals surface area (Å²) in [5, 5.41) is 3.91. The van der Waals surface area contributed by atoms with Crippen LogP contribution >= 0.6 is 15.9 Å². The molecule has 0 spiro atoms. The molecule has 18 heavy (non-hydrogen) atoms. The van der Waals surface area contributed by atoms with Gasteiger partial charge in [0.05, 0.1) is 11.8 Å². The van der Waals surface area contributed by atoms with Crippen LogP contribution in [0.5, 0.6) is 0 Å². The summed E-state index contributed by atoms with van der Waals surface area (Å²) in [6, 6.07) is 3.65. The summed E-state index contributed by atoms with van der Waals surface area (Å²) in [6.45, 7) is 0. The van der Waals surface area contributed by atoms with Gasteiger partial charge in [0.1, 0.15) is 5.82 Å². The van der Waals surface area contributed by atoms with Crippen LogP contribution in [0.3, 0.4) is 0 Å². The van der Waals surface area contributed by atoms with Crippen molar-refractivity contribution in [1.29, 1.82) is 0 Å². The molecule has 0 atom stereocenters. The van der Waals surface area contributed by atoms with E-state index in [1.807, 2.05) is 0 Å². The van der Waals surface area contributed by atoms with Crippen LogP contribution in [-0.2, 0) is 13.2 Å². The van der Waals surface area contributed by atoms with E-state index < -0.39 is 11.7 Å². The van der Waals surface area contributed by atoms with Gasteiger partial charge in [0.15, 0.2) is 0 Å². The highest BCUT2D eigenvalue weighted by Crippen LogP contribution is 2.36. The number of aromatic nitrogens is 2. The zero-order valence-electron chi connectivity index (χ0n) is 9.29. The highest BCUT2D eigenvalue weighted by molar-refractivity contribution is 9.10. The Hall–Kier alpha value is -1.50. The van der Waals surface area contributed by atoms with Crippen LogP contribution in [0.15, 0.2) is 28.9 Å². The molecule has 1 aromatic heterocycles. The Kier molecular flexibility index (Phi) is 3.10. The summed E-state index contributed by atoms with van der Waals surface area (Å²) < 4.78 is 39.8. The van der Waals surface area contributed by atoms with Gasteiger partial charge >= 0.3 is 6.18 Å². The van der Waals surface area contributed by atoms with Gasteiger partial charge in [0, 0.05) is 17.1 Å². The number of anilines is 1. The quantitative estimate of drug-likeness (QED) is 0.875. The van der Waals surface area contributed by atoms with Crippen LogP contribution in [0, 0.1) is 0 Å². The molecule has 0 fully saturated rings. The molecule has 2 N–H and O–H groups in total. The van der Waals surface area contributed by atoms with Crippen LogP contribution in [0.25, 0.3) is 11.1 Å². The summed E-state index contributed by atoms with van der Waals surface area (Å²) in [6.07, 6.45) is -2.95. The first kappa shape index (κ1) is 12.9. The topological polar surface area (TPSA) is 43.8 Å². The number of nitrogens with two attached hydrogens (primary N) is 1. The Labute approximate surface area is 110 Å². The minimum Gasteiger partial charge on any atom is -0.383 e. The summed E-state index contributed by atoms with van der Waals surface area (Å²) in [4.78, 5) is 0. The van der Waals surface area contributed by atoms with Crippen LogP contribution in [-0.4, -0.2) is 9.78 Å². The molecule has 0 bridgehead atoms. The molecule has 3 nitrogen and oxygen atoms in total. The van der Waals surface area contributed by atoms with Crippen molar-refractivity contribution >= 4 is 21.7 Å². The Bertz CT molecular complexity index is 590. The van der Waals surface area contributed by atoms with E-state index in [0.717, 1.165) is 12.1 Å². The summed E-state index contributed by atoms with van der Waals surface area (Å²) in [5.41, 5.74) is 5.87. The minimum absolute atomic E-state index is 0.321. The lowest BCUT2D eigenvalue weighted by Gasteiger charge is -2.09. The number of nitrogen functional groups attached to an aromatic ring is 1. The van der Waals surface area contributed by atoms with E-state index in [2.05, 4.69) is 21.0 Å². The maximum absolute atomic E-state index is 12.7. The van der Waals surface area contributed by atoms with Crippen molar-refractivity contribution in [3.8, 4) is 11.1 Å². The zero-order chi connectivity index (χ0) is 13.5. The van der Waals surface area contributed by atoms with E-state index in [0.29, 0.717) is 21.4 Å². The first-order valence-corrected chi connectivity index (χ1v) is 5.74. The van der Waals surface area contributed by atoms with Gasteiger partial charge in [0.25, 0.3) is 0 Å². The Balaban J connectivity index is 2.59. The van der Waals surface area contributed by atoms with Gasteiger partial charge in [-0.2, -0.15) is 18.3 Å². The number of nitrogens with zero attached hydrogens (tertiary/aromatic N) is 2. The van der Waals surface area contributed by atoms with Gasteiger partial charge in [0.2, 0.25) is 0 Å². The Morgan fingerprint density at radius 3 is 2.44 bits per heavy atom. The molecule has 1 heterocycles. The third kappa shape index (κ3) is 2.35. The first-order valence-electron chi connectivity index (χ1n) is 4.94. The second kappa shape index (κ2) is 4.31. The average Bonchev–Trinajstić information content (AvgIpc) is 2.58. The van der Waals surface area contributed by atoms with Crippen molar-refractivity contribution in [3.05, 3.63) is 34.4 Å². The van der Waals surface area contributed by atoms with E-state index in [9.17, 15) is 13.2 Å². The van der Waals surface area contributed by atoms with Crippen molar-refractivity contribution in [3.63, 3.8) is 0 Å². The molecule has 2 aromatic rings. The normalized spacial score (nSPS) is 11.8. The highest BCUT2D eigenvalue weighted by atomic mass is 79.9. The van der Waals surface area contributed by atoms with Crippen molar-refractivity contribution < 1.29 is 13.2 Å². The SMILES string of the molecule is Cn1ncc(-c2cc(Br)cc(C(F)(F)F)c2)c1N. The van der Waals surface area contributed by atoms with Gasteiger partial charge in [-0.25, -0.2) is 0 Å². The number of rotatable bonds is 1. The second-order valence-electron chi connectivity index (χ2n) is 3.79. The number of halogens is 4. The van der Waals surface area contributed by atoms with Crippen LogP contribution in [0.4, 0.5) is 19.0 Å². The smallest absolute Gasteiger partial charge is 0.383 e. The minimum atomic E-state index is -4.39. The standard InChI is InChI=1S/C11H9BrF3N3/c1-18-10(16)9(5-17-18)6-2-7(11(13,14)15)4-8(12)3-6/h2-5H,16H2,1H3. The highest BCUT2D eigenvalue weighted by Gasteiger charge is 2.31. The largest absolute Gasteiger partial charge is 0.416 e. The predicted molar refractivity (Wildman–Crippen MR) is 65.8 cm³/mol. The molecule has 7 heteroatoms. The van der Waals surface area contributed by atoms with Gasteiger partial charge in [-0.05, 0) is 23.8 Å². The molecule has 0 aliphatic rings. The average molecular weight is 320 g/mol. The van der Waals surface area contributed by atoms with E-state index in [4.69, 9.17) is 5.73 Å². The molecule has 0 saturated carbocycles. The third-order valence-electron chi connectivity index (χ3n) is 2.52. The van der Waals surface area contributed by atoms with Gasteiger partial charge in [-0.1, -0.05) is 15.9 Å². The zero-order valence-corrected chi connectivity index (χ0v) is 10.9. The molecule has 0 saturated heterocycles. The fraction of sp³-hybridized carbons (Fsp3) is 0.182. The number of hydrogen-bond acceptors (Lipinski definition) is 2. The molecule has 1 aromatic carbocycles. The molecule has 0 unspecified atom stereocenters. The van der Waals surface area contributed by atoms with Crippen molar-refractivity contribution in [2.24, 2.45) is 7.05 Å². The lowest BCUT2D eigenvalue weighted by molar-refractivity contribution is -0.137. The van der Waals surface area contributed by atoms with E-state index in [-0.39, 0.29) is 0 Å². The molecule has 96 valence electrons. The van der Waals surface area contributed by atoms with E-state index in [1.165, 1.54) is 10.9 Å². The molecule has 0 aliphatic heterocycles. The second-order valence-corrected chi connectivity index (χ2v) is 4.71. The maximum Gasteiger partial charge on any atom is 0.416 e. The van der Waals surface area contributed by atoms with Crippen molar-refractivity contribution in [1.82, 2.24) is 9.78 Å². The van der Waals surface area contributed by atoms with Crippen molar-refractivity contribution in [2.45, 2.75) is 6.18 Å². The van der Waals surface area contributed by atoms with E-state index in [1.54, 1.807) is 13.1 Å². The lowest BCUT2D eigenvalue weighted by Crippen LogP contribution is -2.05. The van der Waals surface area contributed by atoms with Crippen LogP contribution < -0.4 is 5.73 Å². The van der Waals surface area contributed by atoms with Gasteiger partial charge in [-0.15, -0.1) is 0 Å². The molecule has 0 radical (unpaired) electrons. The van der Waals surface area contributed by atoms with Crippen molar-refractivity contribution in [2.75, 3.05) is 5.73 Å². The number of aryl methyl sites for hydroxylation is 1. The summed E-state index contributed by atoms with van der Waals surface area (Å²) in [7, 11) is 1.63. The number of benzene rings is 1. The first-order chi connectivity index (χ1) is 8.29. The summed E-state index contributed by atoms with van der Waals surface area (Å²) >= 11 is 3.07. The molecule has 2 rings (SSSR count). The number of alkyl halides is 3. The van der Waals surface area contributed by atoms with Crippen LogP contribution in [0.1, 0.15) is 5.56 Å². The fourth-order valence-corrected chi connectivity index (χ4v) is 2.07. The van der Waals surface area contributed by atoms with Gasteiger partial charge in [-0.3, -0.25) is 4.68 Å². The summed E-state index contributed by atoms with van der Waals surface area (Å²) in [5.74, 6) is 0.321. The van der Waals surface area contributed by atoms with Gasteiger partial charge < -0.3 is 5.73 Å². The fourth-order valence-electron chi connectivity index (χ4n) is 1.58. The molecule has 0 aliphatic carbocycles. The Morgan fingerprint density at radius 1 is 1.28 bits per heavy atom. The molecule has 0 amide bonds. The Morgan fingerprint density at radius 2 is 1.94 bits per heavy atom. The maximum atomic E-state index is 12.7. The molecular formula is C11H9BrF3N3. The molecular weight excluding hydrogens is 311 g/mol. The third-order valence-corrected chi connectivity index (χ3v) is 2.98. The van der Waals surface area contributed by atoms with Crippen LogP contribution in [0.2, 0.25) is 0 Å². The van der Waals surface area contributed by atoms with E-state index >= 15 is 0 Å². The number of hydrogen-bond donors (Lipinski definition) is 1. The lowest BCUT2D eigenvalue weighted by atomic mass is 10.1. The predicted octanol–water partition coefficient (Wildman–Crippen LogP) is 3.45.